The van der Waals surface area contributed by atoms with Gasteiger partial charge in [0.1, 0.15) is 5.60 Å². The molecule has 0 radical (unpaired) electrons. The molecule has 112 valence electrons. The number of hydrogen-bond acceptors (Lipinski definition) is 3. The number of amides is 1. The first-order valence-electron chi connectivity index (χ1n) is 6.86. The van der Waals surface area contributed by atoms with Crippen LogP contribution in [0.15, 0.2) is 25.2 Å². The van der Waals surface area contributed by atoms with E-state index >= 15 is 0 Å². The van der Waals surface area contributed by atoms with Crippen molar-refractivity contribution in [3.8, 4) is 0 Å². The average Bonchev–Trinajstić information content (AvgIpc) is 2.75. The molecule has 1 rings (SSSR count). The monoisotopic (exact) mass is 279 g/mol. The van der Waals surface area contributed by atoms with E-state index in [1.807, 2.05) is 38.3 Å². The minimum absolute atomic E-state index is 0.167. The lowest BCUT2D eigenvalue weighted by Crippen LogP contribution is -2.34. The highest BCUT2D eigenvalue weighted by atomic mass is 16.6. The lowest BCUT2D eigenvalue weighted by Gasteiger charge is -2.23. The van der Waals surface area contributed by atoms with Crippen molar-refractivity contribution >= 4 is 6.09 Å². The minimum atomic E-state index is -0.500. The van der Waals surface area contributed by atoms with Gasteiger partial charge >= 0.3 is 6.09 Å². The lowest BCUT2D eigenvalue weighted by atomic mass is 10.2. The molecule has 1 aromatic heterocycles. The number of ether oxygens (including phenoxy) is 1. The summed E-state index contributed by atoms with van der Waals surface area (Å²) in [5.41, 5.74) is 0.449. The van der Waals surface area contributed by atoms with Gasteiger partial charge in [0.05, 0.1) is 24.3 Å². The number of nitrogens with zero attached hydrogens (tertiary/aromatic N) is 2. The smallest absolute Gasteiger partial charge is 0.408 e. The highest BCUT2D eigenvalue weighted by Crippen LogP contribution is 2.20. The zero-order chi connectivity index (χ0) is 15.3. The molecule has 0 aliphatic heterocycles. The summed E-state index contributed by atoms with van der Waals surface area (Å²) in [4.78, 5) is 16.0. The van der Waals surface area contributed by atoms with Crippen LogP contribution >= 0.6 is 0 Å². The van der Waals surface area contributed by atoms with Crippen LogP contribution in [0.4, 0.5) is 4.79 Å². The van der Waals surface area contributed by atoms with Crippen molar-refractivity contribution in [2.75, 3.05) is 0 Å². The van der Waals surface area contributed by atoms with E-state index in [4.69, 9.17) is 4.74 Å². The Morgan fingerprint density at radius 3 is 2.75 bits per heavy atom. The highest BCUT2D eigenvalue weighted by Gasteiger charge is 2.20. The van der Waals surface area contributed by atoms with Gasteiger partial charge < -0.3 is 14.6 Å². The molecule has 0 saturated carbocycles. The number of rotatable bonds is 5. The van der Waals surface area contributed by atoms with Crippen molar-refractivity contribution in [1.82, 2.24) is 14.9 Å². The van der Waals surface area contributed by atoms with E-state index in [1.165, 1.54) is 0 Å². The van der Waals surface area contributed by atoms with E-state index in [1.54, 1.807) is 12.5 Å². The van der Waals surface area contributed by atoms with Crippen LogP contribution in [-0.4, -0.2) is 21.2 Å². The molecule has 1 heterocycles. The second-order valence-corrected chi connectivity index (χ2v) is 5.97. The molecule has 5 heteroatoms. The summed E-state index contributed by atoms with van der Waals surface area (Å²) < 4.78 is 7.30. The number of carbonyl (C=O) groups excluding carboxylic acids is 1. The first-order chi connectivity index (χ1) is 9.24. The van der Waals surface area contributed by atoms with E-state index in [-0.39, 0.29) is 12.1 Å². The minimum Gasteiger partial charge on any atom is -0.444 e. The van der Waals surface area contributed by atoms with Gasteiger partial charge in [0.15, 0.2) is 0 Å². The van der Waals surface area contributed by atoms with Crippen molar-refractivity contribution in [3.05, 3.63) is 30.9 Å². The first kappa shape index (κ1) is 16.3. The van der Waals surface area contributed by atoms with E-state index in [0.717, 1.165) is 12.1 Å². The molecular formula is C15H25N3O2. The van der Waals surface area contributed by atoms with Gasteiger partial charge in [0, 0.05) is 6.04 Å². The Labute approximate surface area is 121 Å². The van der Waals surface area contributed by atoms with E-state index in [2.05, 4.69) is 23.8 Å². The lowest BCUT2D eigenvalue weighted by molar-refractivity contribution is 0.0506. The predicted molar refractivity (Wildman–Crippen MR) is 79.5 cm³/mol. The molecule has 5 nitrogen and oxygen atoms in total. The van der Waals surface area contributed by atoms with E-state index < -0.39 is 11.7 Å². The van der Waals surface area contributed by atoms with Gasteiger partial charge in [-0.15, -0.1) is 6.58 Å². The normalized spacial score (nSPS) is 14.4. The van der Waals surface area contributed by atoms with Crippen molar-refractivity contribution in [2.45, 2.75) is 58.7 Å². The number of carbonyl (C=O) groups is 1. The summed E-state index contributed by atoms with van der Waals surface area (Å²) in [6.07, 6.45) is 5.84. The Morgan fingerprint density at radius 1 is 1.55 bits per heavy atom. The first-order valence-corrected chi connectivity index (χ1v) is 6.86. The Kier molecular flexibility index (Phi) is 5.36. The molecule has 2 atom stereocenters. The van der Waals surface area contributed by atoms with Gasteiger partial charge in [0.2, 0.25) is 0 Å². The van der Waals surface area contributed by atoms with Gasteiger partial charge in [0.25, 0.3) is 0 Å². The van der Waals surface area contributed by atoms with Gasteiger partial charge in [-0.25, -0.2) is 9.78 Å². The van der Waals surface area contributed by atoms with E-state index in [0.29, 0.717) is 0 Å². The van der Waals surface area contributed by atoms with Gasteiger partial charge in [-0.3, -0.25) is 0 Å². The topological polar surface area (TPSA) is 56.2 Å². The van der Waals surface area contributed by atoms with Gasteiger partial charge in [-0.05, 0) is 41.0 Å². The molecule has 1 amide bonds. The van der Waals surface area contributed by atoms with Crippen LogP contribution in [0.1, 0.15) is 58.8 Å². The quantitative estimate of drug-likeness (QED) is 0.838. The maximum absolute atomic E-state index is 11.8. The van der Waals surface area contributed by atoms with Crippen LogP contribution in [-0.2, 0) is 4.74 Å². The Balaban J connectivity index is 2.73. The fraction of sp³-hybridized carbons (Fsp3) is 0.600. The summed E-state index contributed by atoms with van der Waals surface area (Å²) in [5, 5.41) is 2.83. The number of allylic oxidation sites excluding steroid dienone is 1. The molecule has 20 heavy (non-hydrogen) atoms. The second-order valence-electron chi connectivity index (χ2n) is 5.97. The third-order valence-corrected chi connectivity index (χ3v) is 2.86. The molecular weight excluding hydrogens is 254 g/mol. The van der Waals surface area contributed by atoms with Gasteiger partial charge in [-0.1, -0.05) is 6.08 Å². The Morgan fingerprint density at radius 2 is 2.20 bits per heavy atom. The van der Waals surface area contributed by atoms with Crippen LogP contribution in [0, 0.1) is 0 Å². The fourth-order valence-electron chi connectivity index (χ4n) is 1.93. The van der Waals surface area contributed by atoms with Crippen molar-refractivity contribution in [2.24, 2.45) is 0 Å². The molecule has 0 aliphatic carbocycles. The molecule has 0 fully saturated rings. The molecule has 0 saturated heterocycles. The Hall–Kier alpha value is -1.78. The summed E-state index contributed by atoms with van der Waals surface area (Å²) >= 11 is 0. The standard InChI is InChI=1S/C15H25N3O2/c1-7-8-11(2)18-10-16-9-13(18)12(3)17-14(19)20-15(4,5)6/h7,9-12H,1,8H2,2-6H3,(H,17,19)/t11?,12-/m1/s1. The number of nitrogens with one attached hydrogen (secondary N) is 1. The van der Waals surface area contributed by atoms with Crippen LogP contribution in [0.25, 0.3) is 0 Å². The Bertz CT molecular complexity index is 460. The largest absolute Gasteiger partial charge is 0.444 e. The fourth-order valence-corrected chi connectivity index (χ4v) is 1.93. The third kappa shape index (κ3) is 4.72. The average molecular weight is 279 g/mol. The highest BCUT2D eigenvalue weighted by molar-refractivity contribution is 5.68. The van der Waals surface area contributed by atoms with Crippen LogP contribution in [0.2, 0.25) is 0 Å². The van der Waals surface area contributed by atoms with E-state index in [9.17, 15) is 4.79 Å². The van der Waals surface area contributed by atoms with Gasteiger partial charge in [-0.2, -0.15) is 0 Å². The zero-order valence-electron chi connectivity index (χ0n) is 13.0. The third-order valence-electron chi connectivity index (χ3n) is 2.86. The molecule has 0 bridgehead atoms. The maximum atomic E-state index is 11.8. The second kappa shape index (κ2) is 6.59. The maximum Gasteiger partial charge on any atom is 0.408 e. The van der Waals surface area contributed by atoms with Crippen molar-refractivity contribution in [1.29, 1.82) is 0 Å². The van der Waals surface area contributed by atoms with Crippen molar-refractivity contribution in [3.63, 3.8) is 0 Å². The molecule has 0 aromatic carbocycles. The zero-order valence-corrected chi connectivity index (χ0v) is 13.0. The molecule has 0 spiro atoms. The SMILES string of the molecule is C=CCC(C)n1cncc1[C@@H](C)NC(=O)OC(C)(C)C. The van der Waals surface area contributed by atoms with Crippen molar-refractivity contribution < 1.29 is 9.53 Å². The number of imidazole rings is 1. The summed E-state index contributed by atoms with van der Waals surface area (Å²) in [6.45, 7) is 13.3. The van der Waals surface area contributed by atoms with Crippen LogP contribution < -0.4 is 5.32 Å². The number of aromatic nitrogens is 2. The number of alkyl carbamates (subject to hydrolysis) is 1. The summed E-state index contributed by atoms with van der Waals surface area (Å²) in [7, 11) is 0. The molecule has 1 unspecified atom stereocenters. The molecule has 1 aromatic rings. The number of hydrogen-bond donors (Lipinski definition) is 1. The molecule has 1 N–H and O–H groups in total. The summed E-state index contributed by atoms with van der Waals surface area (Å²) in [5.74, 6) is 0. The summed E-state index contributed by atoms with van der Waals surface area (Å²) in [6, 6.07) is 0.0903. The predicted octanol–water partition coefficient (Wildman–Crippen LogP) is 3.61. The molecule has 0 aliphatic rings. The van der Waals surface area contributed by atoms with Crippen LogP contribution in [0.3, 0.4) is 0 Å². The van der Waals surface area contributed by atoms with Crippen LogP contribution in [0.5, 0.6) is 0 Å².